The van der Waals surface area contributed by atoms with Gasteiger partial charge >= 0.3 is 5.97 Å². The highest BCUT2D eigenvalue weighted by Gasteiger charge is 2.26. The molecule has 122 valence electrons. The van der Waals surface area contributed by atoms with Crippen molar-refractivity contribution >= 4 is 27.8 Å². The zero-order chi connectivity index (χ0) is 16.9. The van der Waals surface area contributed by atoms with Crippen LogP contribution in [0.2, 0.25) is 0 Å². The molecule has 0 aliphatic rings. The Morgan fingerprint density at radius 3 is 2.50 bits per heavy atom. The molecule has 0 radical (unpaired) electrons. The van der Waals surface area contributed by atoms with Gasteiger partial charge in [-0.25, -0.2) is 0 Å². The number of hydrogen-bond acceptors (Lipinski definition) is 3. The minimum absolute atomic E-state index is 0.0153. The molecule has 1 rings (SSSR count). The monoisotopic (exact) mass is 371 g/mol. The zero-order valence-corrected chi connectivity index (χ0v) is 14.9. The summed E-state index contributed by atoms with van der Waals surface area (Å²) in [5, 5.41) is 11.8. The number of aliphatic carboxylic acids is 1. The van der Waals surface area contributed by atoms with Crippen molar-refractivity contribution in [2.75, 3.05) is 6.54 Å². The second-order valence-electron chi connectivity index (χ2n) is 6.04. The molecule has 2 N–H and O–H groups in total. The molecular formula is C16H22BrNO4. The van der Waals surface area contributed by atoms with E-state index in [0.29, 0.717) is 24.3 Å². The van der Waals surface area contributed by atoms with E-state index in [1.54, 1.807) is 32.0 Å². The summed E-state index contributed by atoms with van der Waals surface area (Å²) < 4.78 is 6.34. The Morgan fingerprint density at radius 2 is 1.95 bits per heavy atom. The molecule has 5 nitrogen and oxygen atoms in total. The first kappa shape index (κ1) is 18.5. The van der Waals surface area contributed by atoms with Gasteiger partial charge in [0.05, 0.1) is 11.5 Å². The van der Waals surface area contributed by atoms with Gasteiger partial charge in [-0.2, -0.15) is 0 Å². The fourth-order valence-electron chi connectivity index (χ4n) is 1.73. The third kappa shape index (κ3) is 5.67. The van der Waals surface area contributed by atoms with E-state index in [9.17, 15) is 9.59 Å². The van der Waals surface area contributed by atoms with Crippen LogP contribution >= 0.6 is 15.9 Å². The molecule has 0 fully saturated rings. The van der Waals surface area contributed by atoms with Crippen LogP contribution in [0.25, 0.3) is 0 Å². The predicted molar refractivity (Wildman–Crippen MR) is 88.3 cm³/mol. The molecule has 0 aromatic heterocycles. The summed E-state index contributed by atoms with van der Waals surface area (Å²) in [4.78, 5) is 23.2. The molecule has 0 bridgehead atoms. The highest BCUT2D eigenvalue weighted by molar-refractivity contribution is 9.10. The van der Waals surface area contributed by atoms with Gasteiger partial charge in [0.15, 0.2) is 0 Å². The van der Waals surface area contributed by atoms with Crippen molar-refractivity contribution in [3.8, 4) is 5.75 Å². The quantitative estimate of drug-likeness (QED) is 0.769. The third-order valence-corrected chi connectivity index (χ3v) is 3.58. The normalized spacial score (nSPS) is 11.4. The second kappa shape index (κ2) is 7.63. The van der Waals surface area contributed by atoms with Gasteiger partial charge in [-0.3, -0.25) is 9.59 Å². The summed E-state index contributed by atoms with van der Waals surface area (Å²) in [6.07, 6.45) is 0.374. The lowest BCUT2D eigenvalue weighted by Crippen LogP contribution is -2.32. The van der Waals surface area contributed by atoms with Crippen molar-refractivity contribution in [3.63, 3.8) is 0 Å². The van der Waals surface area contributed by atoms with Crippen LogP contribution in [0, 0.1) is 5.41 Å². The molecule has 6 heteroatoms. The Balaban J connectivity index is 2.69. The lowest BCUT2D eigenvalue weighted by molar-refractivity contribution is -0.147. The summed E-state index contributed by atoms with van der Waals surface area (Å²) in [6, 6.07) is 5.16. The van der Waals surface area contributed by atoms with E-state index in [0.717, 1.165) is 4.47 Å². The van der Waals surface area contributed by atoms with Crippen LogP contribution in [0.1, 0.15) is 44.5 Å². The molecule has 22 heavy (non-hydrogen) atoms. The molecule has 0 saturated heterocycles. The summed E-state index contributed by atoms with van der Waals surface area (Å²) in [5.74, 6) is -0.520. The highest BCUT2D eigenvalue weighted by Crippen LogP contribution is 2.23. The zero-order valence-electron chi connectivity index (χ0n) is 13.3. The van der Waals surface area contributed by atoms with E-state index in [2.05, 4.69) is 21.2 Å². The molecular weight excluding hydrogens is 350 g/mol. The number of ether oxygens (including phenoxy) is 1. The average molecular weight is 372 g/mol. The number of nitrogens with one attached hydrogen (secondary N) is 1. The Morgan fingerprint density at radius 1 is 1.32 bits per heavy atom. The van der Waals surface area contributed by atoms with Gasteiger partial charge in [-0.05, 0) is 52.3 Å². The number of carboxylic acids is 1. The van der Waals surface area contributed by atoms with Crippen molar-refractivity contribution in [3.05, 3.63) is 28.2 Å². The maximum atomic E-state index is 12.2. The summed E-state index contributed by atoms with van der Waals surface area (Å²) >= 11 is 3.35. The van der Waals surface area contributed by atoms with E-state index >= 15 is 0 Å². The second-order valence-corrected chi connectivity index (χ2v) is 6.95. The van der Waals surface area contributed by atoms with Crippen LogP contribution in [0.5, 0.6) is 5.75 Å². The van der Waals surface area contributed by atoms with Gasteiger partial charge in [0.1, 0.15) is 5.75 Å². The van der Waals surface area contributed by atoms with Crippen molar-refractivity contribution in [1.82, 2.24) is 5.32 Å². The topological polar surface area (TPSA) is 75.6 Å². The number of amides is 1. The minimum Gasteiger partial charge on any atom is -0.491 e. The number of benzene rings is 1. The summed E-state index contributed by atoms with van der Waals surface area (Å²) in [6.45, 7) is 7.39. The van der Waals surface area contributed by atoms with Crippen LogP contribution in [-0.4, -0.2) is 29.6 Å². The molecule has 0 atom stereocenters. The average Bonchev–Trinajstić information content (AvgIpc) is 2.36. The first-order chi connectivity index (χ1) is 10.1. The van der Waals surface area contributed by atoms with Crippen LogP contribution < -0.4 is 10.1 Å². The molecule has 1 aromatic carbocycles. The minimum atomic E-state index is -0.878. The molecule has 0 heterocycles. The van der Waals surface area contributed by atoms with E-state index in [1.165, 1.54) is 0 Å². The summed E-state index contributed by atoms with van der Waals surface area (Å²) in [7, 11) is 0. The van der Waals surface area contributed by atoms with Crippen LogP contribution in [-0.2, 0) is 4.79 Å². The van der Waals surface area contributed by atoms with Crippen LogP contribution in [0.15, 0.2) is 22.7 Å². The van der Waals surface area contributed by atoms with E-state index in [-0.39, 0.29) is 12.0 Å². The van der Waals surface area contributed by atoms with Gasteiger partial charge in [-0.1, -0.05) is 15.9 Å². The molecule has 0 spiro atoms. The van der Waals surface area contributed by atoms with E-state index < -0.39 is 11.4 Å². The fraction of sp³-hybridized carbons (Fsp3) is 0.500. The largest absolute Gasteiger partial charge is 0.491 e. The van der Waals surface area contributed by atoms with Crippen LogP contribution in [0.4, 0.5) is 0 Å². The van der Waals surface area contributed by atoms with Gasteiger partial charge in [0, 0.05) is 16.6 Å². The molecule has 0 unspecified atom stereocenters. The van der Waals surface area contributed by atoms with Gasteiger partial charge in [0.25, 0.3) is 5.91 Å². The molecule has 0 aliphatic heterocycles. The van der Waals surface area contributed by atoms with Crippen LogP contribution in [0.3, 0.4) is 0 Å². The number of carbonyl (C=O) groups is 2. The SMILES string of the molecule is CC(C)Oc1cc(Br)cc(C(=O)NCCC(C)(C)C(=O)O)c1. The Bertz CT molecular complexity index is 555. The van der Waals surface area contributed by atoms with Gasteiger partial charge in [0.2, 0.25) is 0 Å². The maximum Gasteiger partial charge on any atom is 0.309 e. The van der Waals surface area contributed by atoms with Crippen molar-refractivity contribution in [1.29, 1.82) is 0 Å². The number of carbonyl (C=O) groups excluding carboxylic acids is 1. The van der Waals surface area contributed by atoms with Crippen molar-refractivity contribution < 1.29 is 19.4 Å². The Hall–Kier alpha value is -1.56. The predicted octanol–water partition coefficient (Wildman–Crippen LogP) is 3.47. The van der Waals surface area contributed by atoms with Crippen molar-refractivity contribution in [2.45, 2.75) is 40.2 Å². The third-order valence-electron chi connectivity index (χ3n) is 3.12. The first-order valence-corrected chi connectivity index (χ1v) is 7.90. The number of halogens is 1. The Kier molecular flexibility index (Phi) is 6.41. The van der Waals surface area contributed by atoms with E-state index in [4.69, 9.17) is 9.84 Å². The number of rotatable bonds is 7. The molecule has 1 amide bonds. The summed E-state index contributed by atoms with van der Waals surface area (Å²) in [5.41, 5.74) is -0.394. The Labute approximate surface area is 139 Å². The number of carboxylic acid groups (broad SMARTS) is 1. The standard InChI is InChI=1S/C16H22BrNO4/c1-10(2)22-13-8-11(7-12(17)9-13)14(19)18-6-5-16(3,4)15(20)21/h7-10H,5-6H2,1-4H3,(H,18,19)(H,20,21). The lowest BCUT2D eigenvalue weighted by atomic mass is 9.90. The molecule has 1 aromatic rings. The molecule has 0 aliphatic carbocycles. The van der Waals surface area contributed by atoms with Crippen molar-refractivity contribution in [2.24, 2.45) is 5.41 Å². The fourth-order valence-corrected chi connectivity index (χ4v) is 2.20. The van der Waals surface area contributed by atoms with E-state index in [1.807, 2.05) is 13.8 Å². The van der Waals surface area contributed by atoms with Gasteiger partial charge in [-0.15, -0.1) is 0 Å². The lowest BCUT2D eigenvalue weighted by Gasteiger charge is -2.19. The number of hydrogen-bond donors (Lipinski definition) is 2. The molecule has 0 saturated carbocycles. The first-order valence-electron chi connectivity index (χ1n) is 7.10. The van der Waals surface area contributed by atoms with Gasteiger partial charge < -0.3 is 15.2 Å². The maximum absolute atomic E-state index is 12.2. The highest BCUT2D eigenvalue weighted by atomic mass is 79.9. The smallest absolute Gasteiger partial charge is 0.309 e.